The first kappa shape index (κ1) is 18.0. The van der Waals surface area contributed by atoms with Crippen LogP contribution in [-0.4, -0.2) is 6.71 Å². The number of hydrogen-bond acceptors (Lipinski definition) is 0. The minimum absolute atomic E-state index is 0.0539. The number of rotatable bonds is 1. The van der Waals surface area contributed by atoms with E-state index in [2.05, 4.69) is 117 Å². The Balaban J connectivity index is 1.71. The molecule has 0 nitrogen and oxygen atoms in total. The lowest BCUT2D eigenvalue weighted by Crippen LogP contribution is -2.60. The maximum atomic E-state index is 2.48. The van der Waals surface area contributed by atoms with Gasteiger partial charge in [0.05, 0.1) is 0 Å². The Kier molecular flexibility index (Phi) is 3.51. The molecule has 32 heavy (non-hydrogen) atoms. The highest BCUT2D eigenvalue weighted by Crippen LogP contribution is 2.40. The zero-order chi connectivity index (χ0) is 21.4. The van der Waals surface area contributed by atoms with Crippen LogP contribution < -0.4 is 16.4 Å². The minimum Gasteiger partial charge on any atom is -0.0686 e. The van der Waals surface area contributed by atoms with Crippen LogP contribution >= 0.6 is 0 Å². The van der Waals surface area contributed by atoms with Crippen molar-refractivity contribution >= 4 is 55.4 Å². The molecule has 0 amide bonds. The molecule has 0 bridgehead atoms. The summed E-state index contributed by atoms with van der Waals surface area (Å²) in [5, 5.41) is 8.21. The molecule has 1 aliphatic heterocycles. The first-order valence-electron chi connectivity index (χ1n) is 11.5. The highest BCUT2D eigenvalue weighted by atomic mass is 14.3. The Labute approximate surface area is 188 Å². The van der Waals surface area contributed by atoms with Crippen LogP contribution in [0, 0.1) is 0 Å². The van der Waals surface area contributed by atoms with Crippen molar-refractivity contribution in [3.8, 4) is 0 Å². The molecule has 1 heteroatoms. The average molecular weight is 406 g/mol. The number of benzene rings is 6. The summed E-state index contributed by atoms with van der Waals surface area (Å²) in [6, 6.07) is 38.6. The van der Waals surface area contributed by atoms with E-state index in [4.69, 9.17) is 0 Å². The predicted molar refractivity (Wildman–Crippen MR) is 140 cm³/mol. The van der Waals surface area contributed by atoms with Gasteiger partial charge in [0.25, 0.3) is 0 Å². The van der Waals surface area contributed by atoms with Crippen LogP contribution in [0.3, 0.4) is 0 Å². The predicted octanol–water partition coefficient (Wildman–Crippen LogP) is 5.74. The maximum absolute atomic E-state index is 2.48. The second-order valence-electron chi connectivity index (χ2n) is 9.75. The van der Waals surface area contributed by atoms with Crippen molar-refractivity contribution in [3.63, 3.8) is 0 Å². The van der Waals surface area contributed by atoms with Gasteiger partial charge in [-0.3, -0.25) is 0 Å². The van der Waals surface area contributed by atoms with Crippen molar-refractivity contribution in [3.05, 3.63) is 114 Å². The lowest BCUT2D eigenvalue weighted by atomic mass is 9.31. The molecule has 6 aromatic carbocycles. The van der Waals surface area contributed by atoms with Crippen LogP contribution in [0.15, 0.2) is 103 Å². The fourth-order valence-electron chi connectivity index (χ4n) is 6.27. The van der Waals surface area contributed by atoms with E-state index < -0.39 is 0 Å². The first-order valence-corrected chi connectivity index (χ1v) is 11.5. The molecule has 7 rings (SSSR count). The average Bonchev–Trinajstić information content (AvgIpc) is 2.83. The van der Waals surface area contributed by atoms with Gasteiger partial charge in [0.2, 0.25) is 6.71 Å². The van der Waals surface area contributed by atoms with Gasteiger partial charge in [0, 0.05) is 5.41 Å². The van der Waals surface area contributed by atoms with E-state index in [9.17, 15) is 0 Å². The summed E-state index contributed by atoms with van der Waals surface area (Å²) in [5.74, 6) is 0. The third kappa shape index (κ3) is 2.23. The van der Waals surface area contributed by atoms with Gasteiger partial charge in [0.1, 0.15) is 0 Å². The van der Waals surface area contributed by atoms with Gasteiger partial charge in [-0.15, -0.1) is 0 Å². The zero-order valence-electron chi connectivity index (χ0n) is 18.4. The van der Waals surface area contributed by atoms with E-state index in [0.717, 1.165) is 0 Å². The van der Waals surface area contributed by atoms with Crippen LogP contribution in [0.2, 0.25) is 0 Å². The second-order valence-corrected chi connectivity index (χ2v) is 9.75. The fraction of sp³-hybridized carbons (Fsp3) is 0.0968. The van der Waals surface area contributed by atoms with Crippen molar-refractivity contribution in [1.82, 2.24) is 0 Å². The molecule has 0 spiro atoms. The number of fused-ring (bicyclic) bond motifs is 3. The summed E-state index contributed by atoms with van der Waals surface area (Å²) in [6.07, 6.45) is 0. The molecule has 6 aromatic rings. The molecule has 0 radical (unpaired) electrons. The molecular formula is C31H23B. The lowest BCUT2D eigenvalue weighted by molar-refractivity contribution is 0.647. The quantitative estimate of drug-likeness (QED) is 0.241. The molecule has 0 saturated carbocycles. The van der Waals surface area contributed by atoms with Crippen LogP contribution in [0.1, 0.15) is 25.0 Å². The lowest BCUT2D eigenvalue weighted by Gasteiger charge is -2.40. The Morgan fingerprint density at radius 2 is 1.25 bits per heavy atom. The smallest absolute Gasteiger partial charge is 0.0686 e. The Morgan fingerprint density at radius 3 is 2.06 bits per heavy atom. The molecule has 0 unspecified atom stereocenters. The summed E-state index contributed by atoms with van der Waals surface area (Å²) in [7, 11) is 0. The molecule has 1 heterocycles. The first-order chi connectivity index (χ1) is 15.6. The van der Waals surface area contributed by atoms with Crippen LogP contribution in [0.4, 0.5) is 0 Å². The summed E-state index contributed by atoms with van der Waals surface area (Å²) < 4.78 is 0. The van der Waals surface area contributed by atoms with E-state index in [1.54, 1.807) is 0 Å². The van der Waals surface area contributed by atoms with E-state index in [1.807, 2.05) is 0 Å². The summed E-state index contributed by atoms with van der Waals surface area (Å²) >= 11 is 0. The van der Waals surface area contributed by atoms with Crippen molar-refractivity contribution < 1.29 is 0 Å². The molecule has 150 valence electrons. The molecule has 0 saturated heterocycles. The SMILES string of the molecule is CC1(C)c2ccccc2B(c2ccccc2)c2c1cc1ccc3cccc4ccc2c1c34. The highest BCUT2D eigenvalue weighted by Gasteiger charge is 2.41. The van der Waals surface area contributed by atoms with Gasteiger partial charge in [-0.2, -0.15) is 0 Å². The van der Waals surface area contributed by atoms with Crippen LogP contribution in [0.5, 0.6) is 0 Å². The standard InChI is InChI=1S/C31H23B/c1-31(2)25-13-6-7-14-27(25)32(23-11-4-3-5-12-23)30-24-18-17-21-10-8-9-20-15-16-22(19-26(30)31)29(24)28(20)21/h3-19H,1-2H3. The normalized spacial score (nSPS) is 14.8. The Morgan fingerprint density at radius 1 is 0.562 bits per heavy atom. The van der Waals surface area contributed by atoms with Gasteiger partial charge >= 0.3 is 0 Å². The molecule has 0 atom stereocenters. The van der Waals surface area contributed by atoms with Crippen molar-refractivity contribution in [2.75, 3.05) is 0 Å². The maximum Gasteiger partial charge on any atom is 0.242 e. The molecule has 1 aliphatic rings. The summed E-state index contributed by atoms with van der Waals surface area (Å²) in [6.45, 7) is 5.02. The van der Waals surface area contributed by atoms with E-state index in [0.29, 0.717) is 0 Å². The zero-order valence-corrected chi connectivity index (χ0v) is 18.4. The largest absolute Gasteiger partial charge is 0.242 e. The van der Waals surface area contributed by atoms with Gasteiger partial charge in [0.15, 0.2) is 0 Å². The van der Waals surface area contributed by atoms with Crippen molar-refractivity contribution in [2.24, 2.45) is 0 Å². The monoisotopic (exact) mass is 406 g/mol. The van der Waals surface area contributed by atoms with Gasteiger partial charge in [-0.1, -0.05) is 133 Å². The van der Waals surface area contributed by atoms with E-state index in [-0.39, 0.29) is 12.1 Å². The summed E-state index contributed by atoms with van der Waals surface area (Å²) in [4.78, 5) is 0. The third-order valence-electron chi connectivity index (χ3n) is 7.73. The fourth-order valence-corrected chi connectivity index (χ4v) is 6.27. The Bertz CT molecular complexity index is 1630. The molecule has 0 fully saturated rings. The van der Waals surface area contributed by atoms with E-state index >= 15 is 0 Å². The topological polar surface area (TPSA) is 0 Å². The molecule has 0 N–H and O–H groups in total. The van der Waals surface area contributed by atoms with Gasteiger partial charge < -0.3 is 0 Å². The Hall–Kier alpha value is -3.58. The second kappa shape index (κ2) is 6.23. The van der Waals surface area contributed by atoms with Crippen LogP contribution in [-0.2, 0) is 5.41 Å². The van der Waals surface area contributed by atoms with Gasteiger partial charge in [-0.05, 0) is 43.4 Å². The van der Waals surface area contributed by atoms with Crippen molar-refractivity contribution in [2.45, 2.75) is 19.3 Å². The van der Waals surface area contributed by atoms with Gasteiger partial charge in [-0.25, -0.2) is 0 Å². The minimum atomic E-state index is -0.0539. The third-order valence-corrected chi connectivity index (χ3v) is 7.73. The van der Waals surface area contributed by atoms with Crippen LogP contribution in [0.25, 0.3) is 32.3 Å². The highest BCUT2D eigenvalue weighted by molar-refractivity contribution is 6.98. The molecular weight excluding hydrogens is 383 g/mol. The van der Waals surface area contributed by atoms with Crippen molar-refractivity contribution in [1.29, 1.82) is 0 Å². The number of hydrogen-bond donors (Lipinski definition) is 0. The molecule has 0 aliphatic carbocycles. The van der Waals surface area contributed by atoms with E-state index in [1.165, 1.54) is 59.8 Å². The summed E-state index contributed by atoms with van der Waals surface area (Å²) in [5.41, 5.74) is 7.12. The molecule has 0 aromatic heterocycles.